The molecule has 1 aliphatic rings. The molecule has 4 nitrogen and oxygen atoms in total. The predicted molar refractivity (Wildman–Crippen MR) is 148 cm³/mol. The maximum atomic E-state index is 5.92. The minimum atomic E-state index is -0.0500. The largest absolute Gasteiger partial charge is 0.351 e. The SMILES string of the molecule is CCc1ccc(N2C(=S)N[C@H](c3ccccn3)[C@H]2c2cc(C)n(-c3ccc(CC)cc3)c2C)cc1. The summed E-state index contributed by atoms with van der Waals surface area (Å²) in [6, 6.07) is 26.0. The van der Waals surface area contributed by atoms with E-state index in [4.69, 9.17) is 17.2 Å². The summed E-state index contributed by atoms with van der Waals surface area (Å²) in [7, 11) is 0. The molecule has 0 amide bonds. The number of thiocarbonyl (C=S) groups is 1. The lowest BCUT2D eigenvalue weighted by molar-refractivity contribution is 0.565. The quantitative estimate of drug-likeness (QED) is 0.308. The fourth-order valence-electron chi connectivity index (χ4n) is 5.21. The summed E-state index contributed by atoms with van der Waals surface area (Å²) < 4.78 is 2.35. The summed E-state index contributed by atoms with van der Waals surface area (Å²) in [5.41, 5.74) is 9.62. The standard InChI is InChI=1S/C30H32N4S/c1-5-22-10-14-24(15-11-22)33-20(3)19-26(21(33)4)29-28(27-9-7-8-18-31-27)32-30(35)34(29)25-16-12-23(6-2)13-17-25/h7-19,28-29H,5-6H2,1-4H3,(H,32,35)/t28-,29-/m1/s1. The van der Waals surface area contributed by atoms with E-state index in [0.717, 1.165) is 29.3 Å². The number of hydrogen-bond acceptors (Lipinski definition) is 2. The van der Waals surface area contributed by atoms with Crippen LogP contribution in [-0.4, -0.2) is 14.7 Å². The summed E-state index contributed by atoms with van der Waals surface area (Å²) >= 11 is 5.92. The van der Waals surface area contributed by atoms with Crippen molar-refractivity contribution in [2.24, 2.45) is 0 Å². The van der Waals surface area contributed by atoms with Crippen LogP contribution in [0.15, 0.2) is 79.0 Å². The molecule has 4 aromatic rings. The molecule has 1 N–H and O–H groups in total. The van der Waals surface area contributed by atoms with Crippen LogP contribution in [-0.2, 0) is 12.8 Å². The second-order valence-corrected chi connectivity index (χ2v) is 9.59. The molecule has 1 fully saturated rings. The first-order valence-corrected chi connectivity index (χ1v) is 12.8. The van der Waals surface area contributed by atoms with E-state index in [2.05, 4.69) is 103 Å². The molecule has 0 spiro atoms. The van der Waals surface area contributed by atoms with Crippen LogP contribution in [0.1, 0.15) is 59.7 Å². The lowest BCUT2D eigenvalue weighted by Crippen LogP contribution is -2.29. The first-order chi connectivity index (χ1) is 17.0. The number of benzene rings is 2. The second kappa shape index (κ2) is 9.67. The Hall–Kier alpha value is -3.44. The highest BCUT2D eigenvalue weighted by atomic mass is 32.1. The van der Waals surface area contributed by atoms with Gasteiger partial charge in [-0.15, -0.1) is 0 Å². The highest BCUT2D eigenvalue weighted by Gasteiger charge is 2.42. The van der Waals surface area contributed by atoms with Gasteiger partial charge in [0.05, 0.1) is 17.8 Å². The van der Waals surface area contributed by atoms with Gasteiger partial charge in [0.2, 0.25) is 0 Å². The molecule has 1 saturated heterocycles. The van der Waals surface area contributed by atoms with Crippen LogP contribution in [0.2, 0.25) is 0 Å². The number of nitrogens with one attached hydrogen (secondary N) is 1. The number of hydrogen-bond donors (Lipinski definition) is 1. The zero-order valence-corrected chi connectivity index (χ0v) is 21.6. The van der Waals surface area contributed by atoms with Crippen molar-refractivity contribution in [3.63, 3.8) is 0 Å². The van der Waals surface area contributed by atoms with Crippen molar-refractivity contribution in [2.75, 3.05) is 4.90 Å². The highest BCUT2D eigenvalue weighted by Crippen LogP contribution is 2.43. The van der Waals surface area contributed by atoms with Gasteiger partial charge in [-0.1, -0.05) is 44.2 Å². The third kappa shape index (κ3) is 4.25. The van der Waals surface area contributed by atoms with Crippen LogP contribution < -0.4 is 10.2 Å². The topological polar surface area (TPSA) is 33.1 Å². The zero-order valence-electron chi connectivity index (χ0n) is 20.8. The number of pyridine rings is 1. The molecule has 5 heteroatoms. The summed E-state index contributed by atoms with van der Waals surface area (Å²) in [4.78, 5) is 6.97. The van der Waals surface area contributed by atoms with Gasteiger partial charge in [-0.05, 0) is 98.1 Å². The van der Waals surface area contributed by atoms with Gasteiger partial charge >= 0.3 is 0 Å². The summed E-state index contributed by atoms with van der Waals surface area (Å²) in [6.45, 7) is 8.76. The Labute approximate surface area is 213 Å². The van der Waals surface area contributed by atoms with Gasteiger partial charge in [0.25, 0.3) is 0 Å². The Bertz CT molecular complexity index is 1320. The monoisotopic (exact) mass is 480 g/mol. The third-order valence-corrected chi connectivity index (χ3v) is 7.43. The van der Waals surface area contributed by atoms with Gasteiger partial charge in [-0.25, -0.2) is 0 Å². The second-order valence-electron chi connectivity index (χ2n) is 9.20. The van der Waals surface area contributed by atoms with E-state index in [1.54, 1.807) is 0 Å². The fraction of sp³-hybridized carbons (Fsp3) is 0.267. The fourth-order valence-corrected chi connectivity index (χ4v) is 5.55. The van der Waals surface area contributed by atoms with Crippen molar-refractivity contribution >= 4 is 23.0 Å². The molecule has 0 radical (unpaired) electrons. The van der Waals surface area contributed by atoms with Gasteiger partial charge in [0.1, 0.15) is 0 Å². The van der Waals surface area contributed by atoms with Crippen molar-refractivity contribution in [1.82, 2.24) is 14.9 Å². The lowest BCUT2D eigenvalue weighted by Gasteiger charge is -2.28. The van der Waals surface area contributed by atoms with E-state index in [1.807, 2.05) is 18.3 Å². The summed E-state index contributed by atoms with van der Waals surface area (Å²) in [5.74, 6) is 0. The van der Waals surface area contributed by atoms with Crippen molar-refractivity contribution < 1.29 is 0 Å². The summed E-state index contributed by atoms with van der Waals surface area (Å²) in [5, 5.41) is 4.32. The Morgan fingerprint density at radius 1 is 0.857 bits per heavy atom. The maximum absolute atomic E-state index is 5.92. The molecule has 1 aliphatic heterocycles. The van der Waals surface area contributed by atoms with E-state index >= 15 is 0 Å². The molecule has 0 saturated carbocycles. The van der Waals surface area contributed by atoms with E-state index in [-0.39, 0.29) is 12.1 Å². The average molecular weight is 481 g/mol. The Morgan fingerprint density at radius 3 is 2.06 bits per heavy atom. The van der Waals surface area contributed by atoms with Gasteiger partial charge in [-0.2, -0.15) is 0 Å². The number of aromatic nitrogens is 2. The molecule has 0 bridgehead atoms. The van der Waals surface area contributed by atoms with Crippen LogP contribution in [0.25, 0.3) is 5.69 Å². The molecule has 2 atom stereocenters. The summed E-state index contributed by atoms with van der Waals surface area (Å²) in [6.07, 6.45) is 3.91. The lowest BCUT2D eigenvalue weighted by atomic mass is 9.96. The van der Waals surface area contributed by atoms with Gasteiger partial charge in [0.15, 0.2) is 5.11 Å². The molecule has 0 unspecified atom stereocenters. The van der Waals surface area contributed by atoms with Crippen molar-refractivity contribution in [3.05, 3.63) is 113 Å². The number of aryl methyl sites for hydroxylation is 3. The van der Waals surface area contributed by atoms with Crippen molar-refractivity contribution in [1.29, 1.82) is 0 Å². The first kappa shape index (κ1) is 23.3. The number of anilines is 1. The molecule has 178 valence electrons. The molecule has 35 heavy (non-hydrogen) atoms. The minimum absolute atomic E-state index is 0.0141. The Balaban J connectivity index is 1.64. The molecule has 3 heterocycles. The smallest absolute Gasteiger partial charge is 0.174 e. The van der Waals surface area contributed by atoms with E-state index in [9.17, 15) is 0 Å². The minimum Gasteiger partial charge on any atom is -0.351 e. The Morgan fingerprint density at radius 2 is 1.49 bits per heavy atom. The highest BCUT2D eigenvalue weighted by molar-refractivity contribution is 7.80. The number of rotatable bonds is 6. The van der Waals surface area contributed by atoms with Crippen molar-refractivity contribution in [3.8, 4) is 5.69 Å². The van der Waals surface area contributed by atoms with Crippen LogP contribution in [0.3, 0.4) is 0 Å². The van der Waals surface area contributed by atoms with Crippen molar-refractivity contribution in [2.45, 2.75) is 52.6 Å². The molecule has 0 aliphatic carbocycles. The predicted octanol–water partition coefficient (Wildman–Crippen LogP) is 6.79. The van der Waals surface area contributed by atoms with Crippen LogP contribution in [0.4, 0.5) is 5.69 Å². The van der Waals surface area contributed by atoms with Gasteiger partial charge in [0, 0.05) is 29.0 Å². The molecule has 2 aromatic heterocycles. The third-order valence-electron chi connectivity index (χ3n) is 7.11. The van der Waals surface area contributed by atoms with E-state index < -0.39 is 0 Å². The van der Waals surface area contributed by atoms with Crippen LogP contribution in [0, 0.1) is 13.8 Å². The van der Waals surface area contributed by atoms with Gasteiger partial charge in [-0.3, -0.25) is 4.98 Å². The zero-order chi connectivity index (χ0) is 24.5. The normalized spacial score (nSPS) is 17.6. The number of nitrogens with zero attached hydrogens (tertiary/aromatic N) is 3. The molecule has 2 aromatic carbocycles. The van der Waals surface area contributed by atoms with E-state index in [0.29, 0.717) is 0 Å². The molecular formula is C30H32N4S. The maximum Gasteiger partial charge on any atom is 0.174 e. The molecular weight excluding hydrogens is 448 g/mol. The van der Waals surface area contributed by atoms with E-state index in [1.165, 1.54) is 33.8 Å². The first-order valence-electron chi connectivity index (χ1n) is 12.4. The van der Waals surface area contributed by atoms with Crippen LogP contribution in [0.5, 0.6) is 0 Å². The average Bonchev–Trinajstić information content (AvgIpc) is 3.39. The molecule has 5 rings (SSSR count). The van der Waals surface area contributed by atoms with Crippen LogP contribution >= 0.6 is 12.2 Å². The van der Waals surface area contributed by atoms with Gasteiger partial charge < -0.3 is 14.8 Å². The Kier molecular flexibility index (Phi) is 6.44.